The molecule has 0 fully saturated rings. The Morgan fingerprint density at radius 3 is 2.77 bits per heavy atom. The van der Waals surface area contributed by atoms with E-state index < -0.39 is 5.97 Å². The normalized spacial score (nSPS) is 11.0. The number of carbonyl (C=O) groups is 1. The maximum atomic E-state index is 12.6. The molecule has 0 aliphatic heterocycles. The van der Waals surface area contributed by atoms with Gasteiger partial charge >= 0.3 is 5.97 Å². The molecule has 0 radical (unpaired) electrons. The number of hydrogen-bond donors (Lipinski definition) is 0. The molecular formula is C20H16N2O4. The Morgan fingerprint density at radius 2 is 1.96 bits per heavy atom. The van der Waals surface area contributed by atoms with E-state index in [2.05, 4.69) is 10.1 Å². The first-order chi connectivity index (χ1) is 12.6. The summed E-state index contributed by atoms with van der Waals surface area (Å²) in [5.41, 5.74) is 3.35. The summed E-state index contributed by atoms with van der Waals surface area (Å²) in [5, 5.41) is 4.84. The van der Waals surface area contributed by atoms with Crippen molar-refractivity contribution in [1.82, 2.24) is 10.1 Å². The highest BCUT2D eigenvalue weighted by molar-refractivity contribution is 5.98. The summed E-state index contributed by atoms with van der Waals surface area (Å²) in [4.78, 5) is 17.1. The molecule has 3 aromatic heterocycles. The number of rotatable bonds is 4. The first-order valence-electron chi connectivity index (χ1n) is 8.16. The molecule has 0 N–H and O–H groups in total. The second-order valence-electron chi connectivity index (χ2n) is 5.95. The van der Waals surface area contributed by atoms with Crippen LogP contribution < -0.4 is 0 Å². The highest BCUT2D eigenvalue weighted by Crippen LogP contribution is 2.24. The molecule has 4 aromatic rings. The molecule has 130 valence electrons. The van der Waals surface area contributed by atoms with Crippen molar-refractivity contribution in [2.75, 3.05) is 0 Å². The van der Waals surface area contributed by atoms with Crippen molar-refractivity contribution in [3.63, 3.8) is 0 Å². The van der Waals surface area contributed by atoms with Crippen LogP contribution in [0, 0.1) is 13.8 Å². The van der Waals surface area contributed by atoms with Crippen molar-refractivity contribution in [1.29, 1.82) is 0 Å². The highest BCUT2D eigenvalue weighted by atomic mass is 16.5. The van der Waals surface area contributed by atoms with Gasteiger partial charge in [0, 0.05) is 11.5 Å². The zero-order chi connectivity index (χ0) is 18.1. The number of para-hydroxylation sites is 1. The Labute approximate surface area is 149 Å². The van der Waals surface area contributed by atoms with Crippen molar-refractivity contribution in [2.24, 2.45) is 0 Å². The number of ether oxygens (including phenoxy) is 1. The average molecular weight is 348 g/mol. The van der Waals surface area contributed by atoms with Crippen molar-refractivity contribution in [3.05, 3.63) is 71.2 Å². The Kier molecular flexibility index (Phi) is 4.01. The molecule has 0 saturated heterocycles. The van der Waals surface area contributed by atoms with Gasteiger partial charge in [-0.3, -0.25) is 4.98 Å². The largest absolute Gasteiger partial charge is 0.461 e. The van der Waals surface area contributed by atoms with Crippen LogP contribution in [-0.4, -0.2) is 16.1 Å². The number of carbonyl (C=O) groups excluding carboxylic acids is 1. The number of aryl methyl sites for hydroxylation is 2. The summed E-state index contributed by atoms with van der Waals surface area (Å²) >= 11 is 0. The van der Waals surface area contributed by atoms with Crippen LogP contribution in [-0.2, 0) is 11.3 Å². The van der Waals surface area contributed by atoms with E-state index in [0.29, 0.717) is 28.5 Å². The van der Waals surface area contributed by atoms with Gasteiger partial charge < -0.3 is 13.7 Å². The summed E-state index contributed by atoms with van der Waals surface area (Å²) in [5.74, 6) is 0.627. The molecule has 0 bridgehead atoms. The zero-order valence-corrected chi connectivity index (χ0v) is 14.4. The molecule has 4 rings (SSSR count). The molecular weight excluding hydrogens is 332 g/mol. The molecule has 0 unspecified atom stereocenters. The van der Waals surface area contributed by atoms with E-state index >= 15 is 0 Å². The maximum Gasteiger partial charge on any atom is 0.340 e. The Morgan fingerprint density at radius 1 is 1.12 bits per heavy atom. The van der Waals surface area contributed by atoms with Gasteiger partial charge in [-0.05, 0) is 37.6 Å². The molecule has 0 spiro atoms. The van der Waals surface area contributed by atoms with Crippen molar-refractivity contribution < 1.29 is 18.5 Å². The molecule has 26 heavy (non-hydrogen) atoms. The lowest BCUT2D eigenvalue weighted by Gasteiger charge is -2.11. The molecule has 0 amide bonds. The number of nitrogens with zero attached hydrogens (tertiary/aromatic N) is 2. The maximum absolute atomic E-state index is 12.6. The van der Waals surface area contributed by atoms with Crippen LogP contribution in [0.15, 0.2) is 57.7 Å². The Hall–Kier alpha value is -3.41. The van der Waals surface area contributed by atoms with Crippen LogP contribution in [0.25, 0.3) is 22.4 Å². The molecule has 3 heterocycles. The fourth-order valence-corrected chi connectivity index (χ4v) is 2.96. The lowest BCUT2D eigenvalue weighted by Crippen LogP contribution is -2.11. The SMILES string of the molecule is Cc1nc2ccccc2c(C)c1C(=O)OCc1cc(-c2ccco2)on1. The van der Waals surface area contributed by atoms with Gasteiger partial charge in [-0.15, -0.1) is 0 Å². The third kappa shape index (κ3) is 2.86. The fourth-order valence-electron chi connectivity index (χ4n) is 2.96. The van der Waals surface area contributed by atoms with E-state index in [1.165, 1.54) is 0 Å². The van der Waals surface area contributed by atoms with Crippen molar-refractivity contribution >= 4 is 16.9 Å². The van der Waals surface area contributed by atoms with Gasteiger partial charge in [-0.2, -0.15) is 0 Å². The first kappa shape index (κ1) is 16.1. The molecule has 0 atom stereocenters. The zero-order valence-electron chi connectivity index (χ0n) is 14.4. The summed E-state index contributed by atoms with van der Waals surface area (Å²) in [7, 11) is 0. The lowest BCUT2D eigenvalue weighted by atomic mass is 10.0. The number of furan rings is 1. The molecule has 1 aromatic carbocycles. The monoisotopic (exact) mass is 348 g/mol. The van der Waals surface area contributed by atoms with Crippen LogP contribution >= 0.6 is 0 Å². The van der Waals surface area contributed by atoms with Gasteiger partial charge in [0.05, 0.1) is 23.0 Å². The average Bonchev–Trinajstić information content (AvgIpc) is 3.31. The number of aromatic nitrogens is 2. The van der Waals surface area contributed by atoms with E-state index in [4.69, 9.17) is 13.7 Å². The minimum absolute atomic E-state index is 0.00868. The molecule has 6 nitrogen and oxygen atoms in total. The summed E-state index contributed by atoms with van der Waals surface area (Å²) in [6.45, 7) is 3.72. The van der Waals surface area contributed by atoms with Gasteiger partial charge in [0.1, 0.15) is 12.3 Å². The topological polar surface area (TPSA) is 78.4 Å². The van der Waals surface area contributed by atoms with Crippen molar-refractivity contribution in [2.45, 2.75) is 20.5 Å². The first-order valence-corrected chi connectivity index (χ1v) is 8.16. The second-order valence-corrected chi connectivity index (χ2v) is 5.95. The number of benzene rings is 1. The predicted molar refractivity (Wildman–Crippen MR) is 94.5 cm³/mol. The number of esters is 1. The minimum Gasteiger partial charge on any atom is -0.461 e. The molecule has 0 aliphatic carbocycles. The van der Waals surface area contributed by atoms with Crippen molar-refractivity contribution in [3.8, 4) is 11.5 Å². The van der Waals surface area contributed by atoms with E-state index in [1.54, 1.807) is 31.4 Å². The summed E-state index contributed by atoms with van der Waals surface area (Å²) in [6, 6.07) is 12.9. The van der Waals surface area contributed by atoms with Gasteiger partial charge in [-0.1, -0.05) is 23.4 Å². The van der Waals surface area contributed by atoms with Crippen LogP contribution in [0.2, 0.25) is 0 Å². The second kappa shape index (κ2) is 6.48. The van der Waals surface area contributed by atoms with Gasteiger partial charge in [0.2, 0.25) is 5.76 Å². The van der Waals surface area contributed by atoms with Gasteiger partial charge in [0.15, 0.2) is 5.76 Å². The smallest absolute Gasteiger partial charge is 0.340 e. The molecule has 0 aliphatic rings. The van der Waals surface area contributed by atoms with E-state index in [9.17, 15) is 4.79 Å². The number of fused-ring (bicyclic) bond motifs is 1. The van der Waals surface area contributed by atoms with Crippen LogP contribution in [0.4, 0.5) is 0 Å². The van der Waals surface area contributed by atoms with Gasteiger partial charge in [0.25, 0.3) is 0 Å². The summed E-state index contributed by atoms with van der Waals surface area (Å²) < 4.78 is 15.9. The van der Waals surface area contributed by atoms with E-state index in [0.717, 1.165) is 16.5 Å². The minimum atomic E-state index is -0.430. The number of pyridine rings is 1. The third-order valence-electron chi connectivity index (χ3n) is 4.21. The molecule has 6 heteroatoms. The highest BCUT2D eigenvalue weighted by Gasteiger charge is 2.18. The Bertz CT molecular complexity index is 1080. The van der Waals surface area contributed by atoms with Gasteiger partial charge in [-0.25, -0.2) is 4.79 Å². The third-order valence-corrected chi connectivity index (χ3v) is 4.21. The summed E-state index contributed by atoms with van der Waals surface area (Å²) in [6.07, 6.45) is 1.55. The molecule has 0 saturated carbocycles. The van der Waals surface area contributed by atoms with E-state index in [1.807, 2.05) is 31.2 Å². The fraction of sp³-hybridized carbons (Fsp3) is 0.150. The van der Waals surface area contributed by atoms with E-state index in [-0.39, 0.29) is 6.61 Å². The quantitative estimate of drug-likeness (QED) is 0.507. The van der Waals surface area contributed by atoms with Crippen LogP contribution in [0.5, 0.6) is 0 Å². The predicted octanol–water partition coefficient (Wildman–Crippen LogP) is 4.46. The standard InChI is InChI=1S/C20H16N2O4/c1-12-15-6-3-4-7-16(15)21-13(2)19(12)20(23)25-11-14-10-18(26-22-14)17-8-5-9-24-17/h3-10H,11H2,1-2H3. The number of hydrogen-bond acceptors (Lipinski definition) is 6. The lowest BCUT2D eigenvalue weighted by molar-refractivity contribution is 0.0462. The van der Waals surface area contributed by atoms with Crippen LogP contribution in [0.1, 0.15) is 27.3 Å². The van der Waals surface area contributed by atoms with Crippen LogP contribution in [0.3, 0.4) is 0 Å². The Balaban J connectivity index is 1.55.